The predicted octanol–water partition coefficient (Wildman–Crippen LogP) is 1.95. The number of carbonyl (C=O) groups is 2. The minimum Gasteiger partial charge on any atom is -0.450 e. The minimum absolute atomic E-state index is 0.183. The lowest BCUT2D eigenvalue weighted by Crippen LogP contribution is -2.26. The average Bonchev–Trinajstić information content (AvgIpc) is 2.31. The number of hydrogen-bond acceptors (Lipinski definition) is 4. The fraction of sp³-hybridized carbons (Fsp3) is 0.467. The molecule has 4 heteroatoms. The van der Waals surface area contributed by atoms with E-state index in [-0.39, 0.29) is 12.0 Å². The maximum absolute atomic E-state index is 11.6. The first kappa shape index (κ1) is 15.4. The molecule has 0 spiro atoms. The van der Waals surface area contributed by atoms with Crippen molar-refractivity contribution in [3.05, 3.63) is 34.9 Å². The Bertz CT molecular complexity index is 467. The van der Waals surface area contributed by atoms with E-state index in [1.807, 2.05) is 26.8 Å². The van der Waals surface area contributed by atoms with Crippen LogP contribution in [-0.2, 0) is 14.3 Å². The second-order valence-electron chi connectivity index (χ2n) is 5.36. The van der Waals surface area contributed by atoms with Crippen molar-refractivity contribution in [1.82, 2.24) is 0 Å². The van der Waals surface area contributed by atoms with Crippen LogP contribution in [-0.4, -0.2) is 30.1 Å². The van der Waals surface area contributed by atoms with Gasteiger partial charge in [0.15, 0.2) is 0 Å². The van der Waals surface area contributed by atoms with E-state index in [0.29, 0.717) is 11.1 Å². The van der Waals surface area contributed by atoms with Gasteiger partial charge in [-0.05, 0) is 31.1 Å². The van der Waals surface area contributed by atoms with Crippen molar-refractivity contribution in [2.75, 3.05) is 6.61 Å². The van der Waals surface area contributed by atoms with Crippen molar-refractivity contribution in [1.29, 1.82) is 0 Å². The Morgan fingerprint density at radius 3 is 2.68 bits per heavy atom. The highest BCUT2D eigenvalue weighted by Crippen LogP contribution is 2.34. The van der Waals surface area contributed by atoms with Crippen molar-refractivity contribution in [3.63, 3.8) is 0 Å². The Labute approximate surface area is 113 Å². The maximum Gasteiger partial charge on any atom is 0.331 e. The number of rotatable bonds is 4. The Hall–Kier alpha value is -1.68. The van der Waals surface area contributed by atoms with Gasteiger partial charge in [0.1, 0.15) is 12.4 Å². The number of carbonyl (C=O) groups excluding carboxylic acids is 2. The number of aliphatic hydroxyl groups is 1. The molecule has 1 aliphatic rings. The fourth-order valence-corrected chi connectivity index (χ4v) is 1.97. The van der Waals surface area contributed by atoms with Gasteiger partial charge in [0.2, 0.25) is 0 Å². The van der Waals surface area contributed by atoms with E-state index >= 15 is 0 Å². The summed E-state index contributed by atoms with van der Waals surface area (Å²) < 4.78 is 5.27. The van der Waals surface area contributed by atoms with Crippen LogP contribution in [0, 0.1) is 5.41 Å². The summed E-state index contributed by atoms with van der Waals surface area (Å²) in [5, 5.41) is 8.84. The number of allylic oxidation sites excluding steroid dienone is 2. The van der Waals surface area contributed by atoms with Crippen molar-refractivity contribution in [2.24, 2.45) is 5.41 Å². The normalized spacial score (nSPS) is 22.4. The summed E-state index contributed by atoms with van der Waals surface area (Å²) in [5.74, 6) is -0.523. The van der Waals surface area contributed by atoms with Gasteiger partial charge in [0.25, 0.3) is 0 Å². The van der Waals surface area contributed by atoms with Gasteiger partial charge in [-0.1, -0.05) is 19.9 Å². The number of aldehydes is 1. The van der Waals surface area contributed by atoms with Gasteiger partial charge in [-0.3, -0.25) is 4.79 Å². The summed E-state index contributed by atoms with van der Waals surface area (Å²) in [6.45, 7) is 7.19. The zero-order valence-corrected chi connectivity index (χ0v) is 11.8. The van der Waals surface area contributed by atoms with Crippen LogP contribution in [0.1, 0.15) is 27.7 Å². The van der Waals surface area contributed by atoms with E-state index in [2.05, 4.69) is 0 Å². The summed E-state index contributed by atoms with van der Waals surface area (Å²) >= 11 is 0. The molecule has 0 aliphatic heterocycles. The molecule has 0 fully saturated rings. The largest absolute Gasteiger partial charge is 0.450 e. The van der Waals surface area contributed by atoms with Gasteiger partial charge in [-0.2, -0.15) is 0 Å². The predicted molar refractivity (Wildman–Crippen MR) is 72.4 cm³/mol. The molecule has 4 nitrogen and oxygen atoms in total. The van der Waals surface area contributed by atoms with Crippen molar-refractivity contribution in [3.8, 4) is 0 Å². The first-order chi connectivity index (χ1) is 8.80. The number of esters is 1. The topological polar surface area (TPSA) is 63.6 Å². The Morgan fingerprint density at radius 1 is 1.53 bits per heavy atom. The summed E-state index contributed by atoms with van der Waals surface area (Å²) in [5.41, 5.74) is 1.67. The summed E-state index contributed by atoms with van der Waals surface area (Å²) in [7, 11) is 0. The summed E-state index contributed by atoms with van der Waals surface area (Å²) in [4.78, 5) is 22.7. The lowest BCUT2D eigenvalue weighted by atomic mass is 9.78. The number of aliphatic hydroxyl groups excluding tert-OH is 1. The van der Waals surface area contributed by atoms with Crippen LogP contribution >= 0.6 is 0 Å². The highest BCUT2D eigenvalue weighted by atomic mass is 16.5. The molecule has 0 amide bonds. The Balaban J connectivity index is 2.88. The van der Waals surface area contributed by atoms with Crippen LogP contribution in [0.5, 0.6) is 0 Å². The second kappa shape index (κ2) is 5.97. The van der Waals surface area contributed by atoms with E-state index in [9.17, 15) is 9.59 Å². The van der Waals surface area contributed by atoms with Crippen LogP contribution in [0.3, 0.4) is 0 Å². The second-order valence-corrected chi connectivity index (χ2v) is 5.36. The van der Waals surface area contributed by atoms with Crippen LogP contribution in [0.25, 0.3) is 0 Å². The molecule has 0 aromatic rings. The first-order valence-corrected chi connectivity index (χ1v) is 6.15. The molecular weight excluding hydrogens is 244 g/mol. The first-order valence-electron chi connectivity index (χ1n) is 6.15. The standard InChI is InChI=1S/C15H20O4/c1-10(8-16)5-14(18)19-13-6-12(9-17)15(3,4)7-11(13)2/h5-7,9,13,16H,8H2,1-4H3/b10-5+. The molecule has 19 heavy (non-hydrogen) atoms. The Morgan fingerprint density at radius 2 is 2.16 bits per heavy atom. The minimum atomic E-state index is -0.525. The van der Waals surface area contributed by atoms with Crippen LogP contribution in [0.15, 0.2) is 34.9 Å². The lowest BCUT2D eigenvalue weighted by Gasteiger charge is -2.29. The highest BCUT2D eigenvalue weighted by molar-refractivity contribution is 5.83. The van der Waals surface area contributed by atoms with Gasteiger partial charge >= 0.3 is 5.97 Å². The molecule has 1 unspecified atom stereocenters. The van der Waals surface area contributed by atoms with E-state index in [1.54, 1.807) is 13.0 Å². The van der Waals surface area contributed by atoms with E-state index in [4.69, 9.17) is 9.84 Å². The molecule has 0 bridgehead atoms. The zero-order valence-electron chi connectivity index (χ0n) is 11.8. The van der Waals surface area contributed by atoms with Crippen molar-refractivity contribution < 1.29 is 19.4 Å². The van der Waals surface area contributed by atoms with Crippen LogP contribution in [0.2, 0.25) is 0 Å². The molecule has 0 saturated carbocycles. The molecule has 0 aromatic carbocycles. The highest BCUT2D eigenvalue weighted by Gasteiger charge is 2.29. The molecule has 0 radical (unpaired) electrons. The average molecular weight is 264 g/mol. The van der Waals surface area contributed by atoms with E-state index in [0.717, 1.165) is 11.9 Å². The maximum atomic E-state index is 11.6. The van der Waals surface area contributed by atoms with Crippen molar-refractivity contribution >= 4 is 12.3 Å². The van der Waals surface area contributed by atoms with Gasteiger partial charge < -0.3 is 9.84 Å². The zero-order chi connectivity index (χ0) is 14.6. The fourth-order valence-electron chi connectivity index (χ4n) is 1.97. The van der Waals surface area contributed by atoms with Crippen molar-refractivity contribution in [2.45, 2.75) is 33.8 Å². The quantitative estimate of drug-likeness (QED) is 0.365. The SMILES string of the molecule is CC1=CC(C)(C)C(C=O)=CC1OC(=O)/C=C(\C)CO. The molecule has 0 saturated heterocycles. The van der Waals surface area contributed by atoms with Gasteiger partial charge in [0, 0.05) is 17.1 Å². The van der Waals surface area contributed by atoms with E-state index in [1.165, 1.54) is 6.08 Å². The lowest BCUT2D eigenvalue weighted by molar-refractivity contribution is -0.139. The Kier molecular flexibility index (Phi) is 4.84. The van der Waals surface area contributed by atoms with Crippen LogP contribution in [0.4, 0.5) is 0 Å². The molecule has 104 valence electrons. The molecule has 1 N–H and O–H groups in total. The summed E-state index contributed by atoms with van der Waals surface area (Å²) in [6.07, 6.45) is 5.11. The number of hydrogen-bond donors (Lipinski definition) is 1. The number of ether oxygens (including phenoxy) is 1. The third-order valence-corrected chi connectivity index (χ3v) is 3.10. The molecule has 0 aromatic heterocycles. The molecule has 1 rings (SSSR count). The third-order valence-electron chi connectivity index (χ3n) is 3.10. The van der Waals surface area contributed by atoms with Crippen LogP contribution < -0.4 is 0 Å². The van der Waals surface area contributed by atoms with E-state index < -0.39 is 12.1 Å². The van der Waals surface area contributed by atoms with Gasteiger partial charge in [-0.25, -0.2) is 4.79 Å². The van der Waals surface area contributed by atoms with Gasteiger partial charge in [0.05, 0.1) is 6.61 Å². The molecule has 1 atom stereocenters. The third kappa shape index (κ3) is 3.89. The monoisotopic (exact) mass is 264 g/mol. The molecule has 0 heterocycles. The smallest absolute Gasteiger partial charge is 0.331 e. The molecular formula is C15H20O4. The molecule has 1 aliphatic carbocycles. The van der Waals surface area contributed by atoms with Gasteiger partial charge in [-0.15, -0.1) is 0 Å². The summed E-state index contributed by atoms with van der Waals surface area (Å²) in [6, 6.07) is 0.